The molecule has 0 radical (unpaired) electrons. The normalized spacial score (nSPS) is 28.2. The van der Waals surface area contributed by atoms with E-state index in [-0.39, 0.29) is 0 Å². The van der Waals surface area contributed by atoms with Gasteiger partial charge < -0.3 is 9.73 Å². The topological polar surface area (TPSA) is 38.1 Å². The molecule has 0 spiro atoms. The van der Waals surface area contributed by atoms with Gasteiger partial charge in [0.15, 0.2) is 5.89 Å². The summed E-state index contributed by atoms with van der Waals surface area (Å²) >= 11 is 0. The van der Waals surface area contributed by atoms with Gasteiger partial charge in [0, 0.05) is 18.4 Å². The van der Waals surface area contributed by atoms with Crippen molar-refractivity contribution < 1.29 is 4.42 Å². The van der Waals surface area contributed by atoms with Crippen LogP contribution in [0.3, 0.4) is 0 Å². The summed E-state index contributed by atoms with van der Waals surface area (Å²) < 4.78 is 5.46. The molecule has 1 aromatic rings. The molecule has 1 aromatic heterocycles. The molecular weight excluding hydrogens is 164 g/mol. The van der Waals surface area contributed by atoms with Crippen molar-refractivity contribution in [2.45, 2.75) is 31.1 Å². The van der Waals surface area contributed by atoms with Crippen LogP contribution < -0.4 is 5.32 Å². The summed E-state index contributed by atoms with van der Waals surface area (Å²) in [5.41, 5.74) is 1.16. The van der Waals surface area contributed by atoms with Gasteiger partial charge in [0.05, 0.1) is 5.69 Å². The van der Waals surface area contributed by atoms with Crippen molar-refractivity contribution in [1.82, 2.24) is 10.3 Å². The second-order valence-electron chi connectivity index (χ2n) is 4.07. The molecule has 2 fully saturated rings. The smallest absolute Gasteiger partial charge is 0.197 e. The van der Waals surface area contributed by atoms with E-state index in [1.165, 1.54) is 19.3 Å². The molecule has 0 bridgehead atoms. The molecule has 13 heavy (non-hydrogen) atoms. The zero-order valence-corrected chi connectivity index (χ0v) is 7.62. The zero-order chi connectivity index (χ0) is 8.67. The summed E-state index contributed by atoms with van der Waals surface area (Å²) in [6.45, 7) is 2.19. The van der Waals surface area contributed by atoms with E-state index in [4.69, 9.17) is 4.42 Å². The van der Waals surface area contributed by atoms with Gasteiger partial charge in [-0.05, 0) is 25.8 Å². The fraction of sp³-hybridized carbons (Fsp3) is 0.700. The first-order chi connectivity index (χ1) is 6.43. The molecule has 3 nitrogen and oxygen atoms in total. The molecule has 2 heterocycles. The largest absolute Gasteiger partial charge is 0.448 e. The molecule has 0 amide bonds. The molecule has 1 N–H and O–H groups in total. The lowest BCUT2D eigenvalue weighted by molar-refractivity contribution is 0.496. The zero-order valence-electron chi connectivity index (χ0n) is 7.62. The third-order valence-electron chi connectivity index (χ3n) is 2.94. The lowest BCUT2D eigenvalue weighted by Gasteiger charge is -2.00. The number of hydrogen-bond acceptors (Lipinski definition) is 3. The molecule has 3 rings (SSSR count). The highest BCUT2D eigenvalue weighted by atomic mass is 16.3. The highest BCUT2D eigenvalue weighted by Crippen LogP contribution is 2.40. The minimum absolute atomic E-state index is 0.594. The lowest BCUT2D eigenvalue weighted by atomic mass is 10.1. The Morgan fingerprint density at radius 2 is 2.23 bits per heavy atom. The van der Waals surface area contributed by atoms with E-state index in [0.717, 1.165) is 24.7 Å². The Kier molecular flexibility index (Phi) is 1.65. The van der Waals surface area contributed by atoms with Gasteiger partial charge in [0.1, 0.15) is 6.26 Å². The monoisotopic (exact) mass is 178 g/mol. The molecular formula is C10H14N2O. The van der Waals surface area contributed by atoms with Gasteiger partial charge in [-0.15, -0.1) is 0 Å². The van der Waals surface area contributed by atoms with Crippen LogP contribution in [0.2, 0.25) is 0 Å². The molecule has 0 aromatic carbocycles. The molecule has 1 aliphatic carbocycles. The van der Waals surface area contributed by atoms with Crippen LogP contribution in [0.1, 0.15) is 42.7 Å². The quantitative estimate of drug-likeness (QED) is 0.748. The van der Waals surface area contributed by atoms with Gasteiger partial charge in [-0.25, -0.2) is 4.98 Å². The van der Waals surface area contributed by atoms with E-state index in [1.54, 1.807) is 0 Å². The van der Waals surface area contributed by atoms with Crippen molar-refractivity contribution in [2.75, 3.05) is 13.1 Å². The van der Waals surface area contributed by atoms with Gasteiger partial charge in [0.2, 0.25) is 0 Å². The molecule has 2 aliphatic rings. The third kappa shape index (κ3) is 1.37. The highest BCUT2D eigenvalue weighted by Gasteiger charge is 2.30. The summed E-state index contributed by atoms with van der Waals surface area (Å²) in [5, 5.41) is 3.34. The number of rotatable bonds is 2. The molecule has 1 unspecified atom stereocenters. The van der Waals surface area contributed by atoms with Crippen LogP contribution in [0.5, 0.6) is 0 Å². The molecule has 1 saturated heterocycles. The van der Waals surface area contributed by atoms with Crippen molar-refractivity contribution in [3.8, 4) is 0 Å². The average molecular weight is 178 g/mol. The molecule has 1 atom stereocenters. The Balaban J connectivity index is 1.79. The van der Waals surface area contributed by atoms with Crippen LogP contribution >= 0.6 is 0 Å². The summed E-state index contributed by atoms with van der Waals surface area (Å²) in [7, 11) is 0. The van der Waals surface area contributed by atoms with Gasteiger partial charge >= 0.3 is 0 Å². The fourth-order valence-corrected chi connectivity index (χ4v) is 1.91. The Bertz CT molecular complexity index is 298. The standard InChI is InChI=1S/C10H14N2O/c1-2-7(1)10-12-9(6-13-10)8-3-4-11-5-8/h6-8,11H,1-5H2. The van der Waals surface area contributed by atoms with E-state index in [9.17, 15) is 0 Å². The minimum Gasteiger partial charge on any atom is -0.448 e. The Morgan fingerprint density at radius 1 is 1.31 bits per heavy atom. The second kappa shape index (κ2) is 2.84. The van der Waals surface area contributed by atoms with E-state index < -0.39 is 0 Å². The number of aromatic nitrogens is 1. The van der Waals surface area contributed by atoms with E-state index in [0.29, 0.717) is 11.8 Å². The fourth-order valence-electron chi connectivity index (χ4n) is 1.91. The Morgan fingerprint density at radius 3 is 2.92 bits per heavy atom. The molecule has 1 aliphatic heterocycles. The molecule has 3 heteroatoms. The number of hydrogen-bond donors (Lipinski definition) is 1. The number of nitrogens with zero attached hydrogens (tertiary/aromatic N) is 1. The SMILES string of the molecule is c1oc(C2CC2)nc1C1CCNC1. The van der Waals surface area contributed by atoms with Crippen LogP contribution in [0.25, 0.3) is 0 Å². The van der Waals surface area contributed by atoms with Crippen molar-refractivity contribution in [1.29, 1.82) is 0 Å². The predicted octanol–water partition coefficient (Wildman–Crippen LogP) is 1.63. The number of nitrogens with one attached hydrogen (secondary N) is 1. The lowest BCUT2D eigenvalue weighted by Crippen LogP contribution is -2.08. The van der Waals surface area contributed by atoms with E-state index in [2.05, 4.69) is 10.3 Å². The Hall–Kier alpha value is -0.830. The maximum Gasteiger partial charge on any atom is 0.197 e. The highest BCUT2D eigenvalue weighted by molar-refractivity contribution is 5.11. The first-order valence-electron chi connectivity index (χ1n) is 5.09. The summed E-state index contributed by atoms with van der Waals surface area (Å²) in [4.78, 5) is 4.55. The van der Waals surface area contributed by atoms with Crippen molar-refractivity contribution in [3.63, 3.8) is 0 Å². The summed E-state index contributed by atoms with van der Waals surface area (Å²) in [6.07, 6.45) is 5.59. The van der Waals surface area contributed by atoms with Crippen LogP contribution in [-0.4, -0.2) is 18.1 Å². The van der Waals surface area contributed by atoms with E-state index in [1.807, 2.05) is 6.26 Å². The van der Waals surface area contributed by atoms with Crippen molar-refractivity contribution in [2.24, 2.45) is 0 Å². The predicted molar refractivity (Wildman–Crippen MR) is 48.7 cm³/mol. The first kappa shape index (κ1) is 7.56. The van der Waals surface area contributed by atoms with Crippen LogP contribution in [0, 0.1) is 0 Å². The van der Waals surface area contributed by atoms with Crippen LogP contribution in [-0.2, 0) is 0 Å². The summed E-state index contributed by atoms with van der Waals surface area (Å²) in [6, 6.07) is 0. The van der Waals surface area contributed by atoms with E-state index >= 15 is 0 Å². The van der Waals surface area contributed by atoms with Gasteiger partial charge in [-0.1, -0.05) is 0 Å². The van der Waals surface area contributed by atoms with Crippen molar-refractivity contribution >= 4 is 0 Å². The average Bonchev–Trinajstić information content (AvgIpc) is 2.72. The van der Waals surface area contributed by atoms with Gasteiger partial charge in [-0.2, -0.15) is 0 Å². The van der Waals surface area contributed by atoms with Crippen molar-refractivity contribution in [3.05, 3.63) is 17.8 Å². The Labute approximate surface area is 77.5 Å². The van der Waals surface area contributed by atoms with Gasteiger partial charge in [-0.3, -0.25) is 0 Å². The minimum atomic E-state index is 0.594. The van der Waals surface area contributed by atoms with Crippen LogP contribution in [0.4, 0.5) is 0 Å². The third-order valence-corrected chi connectivity index (χ3v) is 2.94. The first-order valence-corrected chi connectivity index (χ1v) is 5.09. The molecule has 1 saturated carbocycles. The number of oxazole rings is 1. The second-order valence-corrected chi connectivity index (χ2v) is 4.07. The van der Waals surface area contributed by atoms with Gasteiger partial charge in [0.25, 0.3) is 0 Å². The molecule has 70 valence electrons. The maximum atomic E-state index is 5.46. The van der Waals surface area contributed by atoms with Crippen LogP contribution in [0.15, 0.2) is 10.7 Å². The maximum absolute atomic E-state index is 5.46. The summed E-state index contributed by atoms with van der Waals surface area (Å²) in [5.74, 6) is 2.21.